The molecule has 0 radical (unpaired) electrons. The zero-order valence-electron chi connectivity index (χ0n) is 18.9. The summed E-state index contributed by atoms with van der Waals surface area (Å²) in [5.41, 5.74) is 4.79. The SMILES string of the molecule is C=CC(=C\C=C/C)/C(C)=N/C(CNCC1(C(C)C)CCC1)=C(C)/C=C\C=C/C. The average molecular weight is 381 g/mol. The van der Waals surface area contributed by atoms with Crippen LogP contribution in [0.5, 0.6) is 0 Å². The zero-order chi connectivity index (χ0) is 21.0. The van der Waals surface area contributed by atoms with Crippen LogP contribution in [0, 0.1) is 11.3 Å². The summed E-state index contributed by atoms with van der Waals surface area (Å²) in [6, 6.07) is 0. The van der Waals surface area contributed by atoms with E-state index >= 15 is 0 Å². The summed E-state index contributed by atoms with van der Waals surface area (Å²) < 4.78 is 0. The van der Waals surface area contributed by atoms with Gasteiger partial charge >= 0.3 is 0 Å². The number of hydrogen-bond acceptors (Lipinski definition) is 2. The Morgan fingerprint density at radius 2 is 1.79 bits per heavy atom. The van der Waals surface area contributed by atoms with Gasteiger partial charge in [0.25, 0.3) is 0 Å². The van der Waals surface area contributed by atoms with Gasteiger partial charge in [-0.15, -0.1) is 0 Å². The van der Waals surface area contributed by atoms with E-state index in [1.165, 1.54) is 24.8 Å². The van der Waals surface area contributed by atoms with E-state index in [0.29, 0.717) is 5.41 Å². The third-order valence-electron chi connectivity index (χ3n) is 5.86. The molecule has 0 aromatic carbocycles. The maximum atomic E-state index is 4.97. The lowest BCUT2D eigenvalue weighted by Gasteiger charge is -2.46. The van der Waals surface area contributed by atoms with Gasteiger partial charge in [0, 0.05) is 18.8 Å². The Labute approximate surface area is 173 Å². The minimum absolute atomic E-state index is 0.469. The van der Waals surface area contributed by atoms with Crippen molar-refractivity contribution in [3.8, 4) is 0 Å². The van der Waals surface area contributed by atoms with Crippen molar-refractivity contribution < 1.29 is 0 Å². The smallest absolute Gasteiger partial charge is 0.0574 e. The van der Waals surface area contributed by atoms with Gasteiger partial charge < -0.3 is 5.32 Å². The third kappa shape index (κ3) is 7.24. The summed E-state index contributed by atoms with van der Waals surface area (Å²) in [6.45, 7) is 18.7. The number of rotatable bonds is 11. The third-order valence-corrected chi connectivity index (χ3v) is 5.86. The quantitative estimate of drug-likeness (QED) is 0.304. The Kier molecular flexibility index (Phi) is 10.8. The fraction of sp³-hybridized carbons (Fsp3) is 0.500. The van der Waals surface area contributed by atoms with E-state index in [9.17, 15) is 0 Å². The van der Waals surface area contributed by atoms with E-state index in [0.717, 1.165) is 36.0 Å². The molecule has 1 rings (SSSR count). The molecule has 0 spiro atoms. The lowest BCUT2D eigenvalue weighted by molar-refractivity contribution is 0.0690. The molecule has 28 heavy (non-hydrogen) atoms. The Morgan fingerprint density at radius 3 is 2.29 bits per heavy atom. The van der Waals surface area contributed by atoms with Crippen LogP contribution in [-0.2, 0) is 0 Å². The molecular weight excluding hydrogens is 340 g/mol. The van der Waals surface area contributed by atoms with Crippen LogP contribution in [0.2, 0.25) is 0 Å². The second-order valence-corrected chi connectivity index (χ2v) is 8.04. The number of hydrogen-bond donors (Lipinski definition) is 1. The van der Waals surface area contributed by atoms with Gasteiger partial charge in [-0.2, -0.15) is 0 Å². The van der Waals surface area contributed by atoms with Crippen LogP contribution >= 0.6 is 0 Å². The molecule has 1 aliphatic carbocycles. The number of allylic oxidation sites excluding steroid dienone is 10. The van der Waals surface area contributed by atoms with E-state index in [-0.39, 0.29) is 0 Å². The standard InChI is InChI=1S/C26H40N2/c1-8-11-13-15-22(6)25(28-23(7)24(10-3)16-12-9-2)19-27-20-26(21(4)5)17-14-18-26/h8-13,15-16,21,27H,3,14,17-20H2,1-2,4-7H3/b11-8-,12-9-,15-13-,24-16+,25-22+,28-23+. The van der Waals surface area contributed by atoms with Gasteiger partial charge in [0.1, 0.15) is 0 Å². The van der Waals surface area contributed by atoms with Crippen molar-refractivity contribution in [1.29, 1.82) is 0 Å². The highest BCUT2D eigenvalue weighted by Crippen LogP contribution is 2.46. The average Bonchev–Trinajstić information content (AvgIpc) is 2.63. The van der Waals surface area contributed by atoms with Crippen molar-refractivity contribution in [2.75, 3.05) is 13.1 Å². The van der Waals surface area contributed by atoms with Crippen LogP contribution in [0.4, 0.5) is 0 Å². The summed E-state index contributed by atoms with van der Waals surface area (Å²) in [5.74, 6) is 0.721. The molecule has 2 nitrogen and oxygen atoms in total. The van der Waals surface area contributed by atoms with Crippen molar-refractivity contribution in [2.45, 2.75) is 60.8 Å². The topological polar surface area (TPSA) is 24.4 Å². The van der Waals surface area contributed by atoms with E-state index in [1.807, 2.05) is 44.2 Å². The van der Waals surface area contributed by atoms with Gasteiger partial charge in [-0.25, -0.2) is 0 Å². The highest BCUT2D eigenvalue weighted by molar-refractivity contribution is 6.01. The summed E-state index contributed by atoms with van der Waals surface area (Å²) in [6.07, 6.45) is 20.3. The van der Waals surface area contributed by atoms with Crippen LogP contribution in [0.1, 0.15) is 60.8 Å². The first-order valence-electron chi connectivity index (χ1n) is 10.6. The van der Waals surface area contributed by atoms with Gasteiger partial charge in [-0.3, -0.25) is 4.99 Å². The van der Waals surface area contributed by atoms with Gasteiger partial charge in [0.2, 0.25) is 0 Å². The van der Waals surface area contributed by atoms with Gasteiger partial charge in [0.05, 0.1) is 5.70 Å². The molecule has 0 aromatic heterocycles. The predicted molar refractivity (Wildman–Crippen MR) is 127 cm³/mol. The second-order valence-electron chi connectivity index (χ2n) is 8.04. The highest BCUT2D eigenvalue weighted by Gasteiger charge is 2.39. The van der Waals surface area contributed by atoms with Gasteiger partial charge in [-0.1, -0.05) is 75.5 Å². The largest absolute Gasteiger partial charge is 0.311 e. The number of aliphatic imine (C=N–C) groups is 1. The number of nitrogens with one attached hydrogen (secondary N) is 1. The first-order chi connectivity index (χ1) is 13.4. The first-order valence-corrected chi connectivity index (χ1v) is 10.6. The molecule has 0 amide bonds. The first kappa shape index (κ1) is 24.1. The maximum Gasteiger partial charge on any atom is 0.0574 e. The molecule has 1 N–H and O–H groups in total. The van der Waals surface area contributed by atoms with E-state index in [2.05, 4.69) is 57.8 Å². The van der Waals surface area contributed by atoms with Crippen molar-refractivity contribution in [3.63, 3.8) is 0 Å². The molecule has 0 heterocycles. The Hall–Kier alpha value is -1.93. The lowest BCUT2D eigenvalue weighted by atomic mass is 9.62. The van der Waals surface area contributed by atoms with E-state index in [1.54, 1.807) is 0 Å². The molecule has 1 saturated carbocycles. The Morgan fingerprint density at radius 1 is 1.11 bits per heavy atom. The molecule has 2 heteroatoms. The van der Waals surface area contributed by atoms with Gasteiger partial charge in [-0.05, 0) is 63.0 Å². The molecule has 1 fully saturated rings. The Bertz CT molecular complexity index is 677. The normalized spacial score (nSPS) is 19.0. The fourth-order valence-corrected chi connectivity index (χ4v) is 3.50. The summed E-state index contributed by atoms with van der Waals surface area (Å²) in [5, 5.41) is 3.71. The summed E-state index contributed by atoms with van der Waals surface area (Å²) >= 11 is 0. The molecule has 154 valence electrons. The lowest BCUT2D eigenvalue weighted by Crippen LogP contribution is -2.44. The summed E-state index contributed by atoms with van der Waals surface area (Å²) in [7, 11) is 0. The molecule has 0 saturated heterocycles. The van der Waals surface area contributed by atoms with Crippen molar-refractivity contribution in [3.05, 3.63) is 72.0 Å². The minimum Gasteiger partial charge on any atom is -0.311 e. The molecule has 0 aliphatic heterocycles. The van der Waals surface area contributed by atoms with Crippen LogP contribution in [0.25, 0.3) is 0 Å². The van der Waals surface area contributed by atoms with E-state index in [4.69, 9.17) is 4.99 Å². The monoisotopic (exact) mass is 380 g/mol. The molecule has 0 aromatic rings. The van der Waals surface area contributed by atoms with Crippen LogP contribution in [-0.4, -0.2) is 18.8 Å². The predicted octanol–water partition coefficient (Wildman–Crippen LogP) is 6.96. The van der Waals surface area contributed by atoms with Gasteiger partial charge in [0.15, 0.2) is 0 Å². The minimum atomic E-state index is 0.469. The molecule has 1 aliphatic rings. The molecule has 0 unspecified atom stereocenters. The fourth-order valence-electron chi connectivity index (χ4n) is 3.50. The maximum absolute atomic E-state index is 4.97. The molecule has 0 bridgehead atoms. The zero-order valence-corrected chi connectivity index (χ0v) is 18.9. The van der Waals surface area contributed by atoms with Crippen LogP contribution in [0.3, 0.4) is 0 Å². The molecular formula is C26H40N2. The van der Waals surface area contributed by atoms with Crippen molar-refractivity contribution in [1.82, 2.24) is 5.32 Å². The second kappa shape index (κ2) is 12.5. The van der Waals surface area contributed by atoms with Crippen LogP contribution in [0.15, 0.2) is 77.0 Å². The van der Waals surface area contributed by atoms with Crippen molar-refractivity contribution >= 4 is 5.71 Å². The Balaban J connectivity index is 3.03. The van der Waals surface area contributed by atoms with Crippen LogP contribution < -0.4 is 5.32 Å². The highest BCUT2D eigenvalue weighted by atomic mass is 14.9. The number of nitrogens with zero attached hydrogens (tertiary/aromatic N) is 1. The van der Waals surface area contributed by atoms with E-state index < -0.39 is 0 Å². The summed E-state index contributed by atoms with van der Waals surface area (Å²) in [4.78, 5) is 4.97. The molecule has 0 atom stereocenters. The van der Waals surface area contributed by atoms with Crippen molar-refractivity contribution in [2.24, 2.45) is 16.3 Å².